The summed E-state index contributed by atoms with van der Waals surface area (Å²) in [6.45, 7) is 2.10. The standard InChI is InChI=1S/C24H23F3O2S/c1-2-3-10-19-15-17-22(18-16-19)30(20-11-6-4-7-12-20,21-13-8-5-9-14-21)29-23(28)24(25,26)27/h4-9,11-18H,2-3,10H2,1H3. The average Bonchev–Trinajstić information content (AvgIpc) is 2.77. The lowest BCUT2D eigenvalue weighted by Crippen LogP contribution is -2.27. The van der Waals surface area contributed by atoms with Crippen molar-refractivity contribution in [2.24, 2.45) is 0 Å². The fourth-order valence-electron chi connectivity index (χ4n) is 3.17. The number of benzene rings is 3. The van der Waals surface area contributed by atoms with Crippen LogP contribution in [-0.2, 0) is 15.4 Å². The number of carbonyl (C=O) groups excluding carboxylic acids is 1. The van der Waals surface area contributed by atoms with Gasteiger partial charge in [-0.3, -0.25) is 0 Å². The molecule has 0 unspecified atom stereocenters. The third kappa shape index (κ3) is 4.70. The number of unbranched alkanes of at least 4 members (excludes halogenated alkanes) is 1. The summed E-state index contributed by atoms with van der Waals surface area (Å²) in [6, 6.07) is 24.7. The average molecular weight is 433 g/mol. The van der Waals surface area contributed by atoms with Crippen LogP contribution in [-0.4, -0.2) is 12.1 Å². The van der Waals surface area contributed by atoms with Crippen LogP contribution in [0.15, 0.2) is 99.6 Å². The predicted molar refractivity (Wildman–Crippen MR) is 112 cm³/mol. The van der Waals surface area contributed by atoms with Gasteiger partial charge in [-0.15, -0.1) is 0 Å². The van der Waals surface area contributed by atoms with Gasteiger partial charge in [0.15, 0.2) is 0 Å². The van der Waals surface area contributed by atoms with E-state index in [-0.39, 0.29) is 0 Å². The van der Waals surface area contributed by atoms with Crippen LogP contribution in [0.4, 0.5) is 13.2 Å². The highest BCUT2D eigenvalue weighted by molar-refractivity contribution is 8.30. The summed E-state index contributed by atoms with van der Waals surface area (Å²) in [5.74, 6) is -2.19. The molecule has 0 amide bonds. The molecule has 0 saturated carbocycles. The maximum atomic E-state index is 13.3. The summed E-state index contributed by atoms with van der Waals surface area (Å²) in [5, 5.41) is 0. The molecular weight excluding hydrogens is 409 g/mol. The normalized spacial score (nSPS) is 12.4. The number of rotatable bonds is 7. The molecule has 3 aromatic rings. The molecule has 0 aliphatic carbocycles. The molecular formula is C24H23F3O2S. The van der Waals surface area contributed by atoms with Gasteiger partial charge in [-0.25, -0.2) is 4.79 Å². The number of hydrogen-bond acceptors (Lipinski definition) is 2. The highest BCUT2D eigenvalue weighted by atomic mass is 32.3. The molecule has 0 saturated heterocycles. The summed E-state index contributed by atoms with van der Waals surface area (Å²) in [4.78, 5) is 13.7. The summed E-state index contributed by atoms with van der Waals surface area (Å²) in [7, 11) is -2.92. The van der Waals surface area contributed by atoms with Gasteiger partial charge in [-0.1, -0.05) is 61.9 Å². The molecule has 0 bridgehead atoms. The maximum absolute atomic E-state index is 13.3. The Labute approximate surface area is 176 Å². The summed E-state index contributed by atoms with van der Waals surface area (Å²) in [6.07, 6.45) is -2.13. The second-order valence-electron chi connectivity index (χ2n) is 6.80. The lowest BCUT2D eigenvalue weighted by Gasteiger charge is -2.39. The summed E-state index contributed by atoms with van der Waals surface area (Å²) < 4.78 is 45.2. The van der Waals surface area contributed by atoms with Gasteiger partial charge >= 0.3 is 12.1 Å². The highest BCUT2D eigenvalue weighted by Gasteiger charge is 2.47. The lowest BCUT2D eigenvalue weighted by molar-refractivity contribution is -0.188. The van der Waals surface area contributed by atoms with E-state index < -0.39 is 22.5 Å². The highest BCUT2D eigenvalue weighted by Crippen LogP contribution is 2.69. The molecule has 0 spiro atoms. The van der Waals surface area contributed by atoms with Crippen molar-refractivity contribution in [2.75, 3.05) is 0 Å². The molecule has 0 aliphatic heterocycles. The number of aryl methyl sites for hydroxylation is 1. The van der Waals surface area contributed by atoms with Crippen molar-refractivity contribution < 1.29 is 22.1 Å². The first kappa shape index (κ1) is 22.0. The Kier molecular flexibility index (Phi) is 6.87. The van der Waals surface area contributed by atoms with Crippen molar-refractivity contribution in [3.63, 3.8) is 0 Å². The van der Waals surface area contributed by atoms with E-state index in [1.54, 1.807) is 72.8 Å². The Morgan fingerprint density at radius 3 is 1.70 bits per heavy atom. The van der Waals surface area contributed by atoms with Crippen LogP contribution in [0.1, 0.15) is 25.3 Å². The quantitative estimate of drug-likeness (QED) is 0.391. The van der Waals surface area contributed by atoms with Crippen LogP contribution in [0.5, 0.6) is 0 Å². The third-order valence-electron chi connectivity index (χ3n) is 4.66. The van der Waals surface area contributed by atoms with Crippen molar-refractivity contribution in [3.8, 4) is 0 Å². The molecule has 6 heteroatoms. The van der Waals surface area contributed by atoms with E-state index in [0.717, 1.165) is 24.8 Å². The SMILES string of the molecule is CCCCc1ccc(S(OC(=O)C(F)(F)F)(c2ccccc2)c2ccccc2)cc1. The number of hydrogen-bond donors (Lipinski definition) is 0. The number of alkyl halides is 3. The minimum Gasteiger partial charge on any atom is -0.395 e. The van der Waals surface area contributed by atoms with E-state index >= 15 is 0 Å². The fraction of sp³-hybridized carbons (Fsp3) is 0.208. The Balaban J connectivity index is 2.21. The molecule has 3 aromatic carbocycles. The van der Waals surface area contributed by atoms with Crippen LogP contribution < -0.4 is 0 Å². The van der Waals surface area contributed by atoms with Gasteiger partial charge in [-0.2, -0.15) is 13.2 Å². The van der Waals surface area contributed by atoms with E-state index in [9.17, 15) is 18.0 Å². The molecule has 0 fully saturated rings. The van der Waals surface area contributed by atoms with Crippen molar-refractivity contribution in [1.82, 2.24) is 0 Å². The molecule has 3 rings (SSSR count). The molecule has 0 atom stereocenters. The monoisotopic (exact) mass is 432 g/mol. The summed E-state index contributed by atoms with van der Waals surface area (Å²) >= 11 is 0. The van der Waals surface area contributed by atoms with E-state index in [0.29, 0.717) is 14.7 Å². The molecule has 30 heavy (non-hydrogen) atoms. The molecule has 0 radical (unpaired) electrons. The largest absolute Gasteiger partial charge is 0.491 e. The first-order valence-corrected chi connectivity index (χ1v) is 11.3. The predicted octanol–water partition coefficient (Wildman–Crippen LogP) is 7.33. The Bertz CT molecular complexity index is 916. The zero-order valence-electron chi connectivity index (χ0n) is 16.6. The van der Waals surface area contributed by atoms with Gasteiger partial charge in [0.1, 0.15) is 0 Å². The van der Waals surface area contributed by atoms with Crippen LogP contribution >= 0.6 is 10.3 Å². The molecule has 0 heterocycles. The lowest BCUT2D eigenvalue weighted by atomic mass is 10.1. The third-order valence-corrected chi connectivity index (χ3v) is 7.87. The van der Waals surface area contributed by atoms with E-state index in [4.69, 9.17) is 4.18 Å². The Morgan fingerprint density at radius 1 is 0.800 bits per heavy atom. The maximum Gasteiger partial charge on any atom is 0.491 e. The number of carbonyl (C=O) groups is 1. The van der Waals surface area contributed by atoms with Gasteiger partial charge < -0.3 is 4.18 Å². The molecule has 0 N–H and O–H groups in total. The van der Waals surface area contributed by atoms with Crippen LogP contribution in [0.3, 0.4) is 0 Å². The second kappa shape index (κ2) is 9.39. The van der Waals surface area contributed by atoms with Gasteiger partial charge in [0, 0.05) is 14.7 Å². The van der Waals surface area contributed by atoms with E-state index in [1.807, 2.05) is 12.1 Å². The van der Waals surface area contributed by atoms with Gasteiger partial charge in [0.2, 0.25) is 0 Å². The zero-order chi connectivity index (χ0) is 21.6. The number of halogens is 3. The fourth-order valence-corrected chi connectivity index (χ4v) is 6.19. The van der Waals surface area contributed by atoms with E-state index in [2.05, 4.69) is 6.92 Å². The van der Waals surface area contributed by atoms with Crippen molar-refractivity contribution in [2.45, 2.75) is 47.0 Å². The Morgan fingerprint density at radius 2 is 1.27 bits per heavy atom. The van der Waals surface area contributed by atoms with Crippen LogP contribution in [0.2, 0.25) is 0 Å². The van der Waals surface area contributed by atoms with E-state index in [1.165, 1.54) is 0 Å². The van der Waals surface area contributed by atoms with Crippen molar-refractivity contribution in [1.29, 1.82) is 0 Å². The minimum absolute atomic E-state index is 0.523. The van der Waals surface area contributed by atoms with Crippen molar-refractivity contribution >= 4 is 16.3 Å². The topological polar surface area (TPSA) is 26.3 Å². The smallest absolute Gasteiger partial charge is 0.395 e. The van der Waals surface area contributed by atoms with Crippen LogP contribution in [0.25, 0.3) is 0 Å². The zero-order valence-corrected chi connectivity index (χ0v) is 17.4. The van der Waals surface area contributed by atoms with Crippen LogP contribution in [0, 0.1) is 0 Å². The summed E-state index contributed by atoms with van der Waals surface area (Å²) in [5.41, 5.74) is 1.09. The molecule has 158 valence electrons. The van der Waals surface area contributed by atoms with Gasteiger partial charge in [0.25, 0.3) is 0 Å². The first-order chi connectivity index (χ1) is 14.4. The molecule has 0 aliphatic rings. The van der Waals surface area contributed by atoms with Gasteiger partial charge in [-0.05, 0) is 65.1 Å². The Hall–Kier alpha value is -2.73. The molecule has 0 aromatic heterocycles. The minimum atomic E-state index is -5.09. The van der Waals surface area contributed by atoms with Gasteiger partial charge in [0.05, 0.1) is 0 Å². The second-order valence-corrected chi connectivity index (χ2v) is 9.49. The first-order valence-electron chi connectivity index (χ1n) is 9.71. The molecule has 2 nitrogen and oxygen atoms in total. The van der Waals surface area contributed by atoms with Crippen molar-refractivity contribution in [3.05, 3.63) is 90.5 Å².